The zero-order valence-corrected chi connectivity index (χ0v) is 6.22. The van der Waals surface area contributed by atoms with Gasteiger partial charge >= 0.3 is 0 Å². The normalized spacial score (nSPS) is 10.5. The van der Waals surface area contributed by atoms with Gasteiger partial charge in [0.2, 0.25) is 0 Å². The largest absolute Gasteiger partial charge is 0.262 e. The molecule has 0 aliphatic rings. The lowest BCUT2D eigenvalue weighted by Gasteiger charge is -1.87. The topological polar surface area (TPSA) is 38.7 Å². The molecule has 50 valence electrons. The first kappa shape index (κ1) is 5.73. The van der Waals surface area contributed by atoms with Crippen molar-refractivity contribution in [2.45, 2.75) is 6.92 Å². The summed E-state index contributed by atoms with van der Waals surface area (Å²) in [5.74, 6) is 0. The molecule has 0 unspecified atom stereocenters. The third-order valence-electron chi connectivity index (χ3n) is 1.35. The third kappa shape index (κ3) is 0.690. The third-order valence-corrected chi connectivity index (χ3v) is 1.90. The molecule has 2 aromatic rings. The highest BCUT2D eigenvalue weighted by molar-refractivity contribution is 7.00. The van der Waals surface area contributed by atoms with E-state index in [1.54, 1.807) is 12.4 Å². The fourth-order valence-corrected chi connectivity index (χ4v) is 1.42. The van der Waals surface area contributed by atoms with E-state index < -0.39 is 0 Å². The van der Waals surface area contributed by atoms with Crippen molar-refractivity contribution < 1.29 is 0 Å². The molecule has 3 nitrogen and oxygen atoms in total. The number of aromatic nitrogens is 3. The average Bonchev–Trinajstić information content (AvgIpc) is 2.36. The summed E-state index contributed by atoms with van der Waals surface area (Å²) in [4.78, 5) is 3.99. The van der Waals surface area contributed by atoms with Gasteiger partial charge in [-0.3, -0.25) is 4.98 Å². The van der Waals surface area contributed by atoms with Crippen LogP contribution in [0.2, 0.25) is 0 Å². The van der Waals surface area contributed by atoms with Gasteiger partial charge in [0.05, 0.1) is 17.9 Å². The van der Waals surface area contributed by atoms with Gasteiger partial charge in [0.1, 0.15) is 11.0 Å². The number of fused-ring (bicyclic) bond motifs is 1. The number of rotatable bonds is 0. The first-order valence-electron chi connectivity index (χ1n) is 2.91. The van der Waals surface area contributed by atoms with Gasteiger partial charge < -0.3 is 0 Å². The predicted molar refractivity (Wildman–Crippen MR) is 39.9 cm³/mol. The second-order valence-corrected chi connectivity index (χ2v) is 2.62. The fraction of sp³-hybridized carbons (Fsp3) is 0.167. The van der Waals surface area contributed by atoms with E-state index in [2.05, 4.69) is 13.7 Å². The molecule has 0 aliphatic heterocycles. The molecule has 0 aromatic carbocycles. The highest BCUT2D eigenvalue weighted by atomic mass is 32.1. The summed E-state index contributed by atoms with van der Waals surface area (Å²) in [6, 6.07) is 0. The number of hydrogen-bond donors (Lipinski definition) is 0. The van der Waals surface area contributed by atoms with Gasteiger partial charge in [-0.05, 0) is 12.5 Å². The van der Waals surface area contributed by atoms with E-state index in [-0.39, 0.29) is 0 Å². The smallest absolute Gasteiger partial charge is 0.123 e. The van der Waals surface area contributed by atoms with Gasteiger partial charge in [0.25, 0.3) is 0 Å². The molecule has 0 fully saturated rings. The molecule has 2 aromatic heterocycles. The summed E-state index contributed by atoms with van der Waals surface area (Å²) in [5, 5.41) is 0. The Morgan fingerprint density at radius 2 is 2.20 bits per heavy atom. The number of aryl methyl sites for hydroxylation is 1. The van der Waals surface area contributed by atoms with Gasteiger partial charge in [-0.15, -0.1) is 0 Å². The van der Waals surface area contributed by atoms with Gasteiger partial charge in [0.15, 0.2) is 0 Å². The Morgan fingerprint density at radius 1 is 1.30 bits per heavy atom. The minimum atomic E-state index is 0.894. The maximum atomic E-state index is 4.11. The molecule has 0 saturated heterocycles. The van der Waals surface area contributed by atoms with Crippen LogP contribution < -0.4 is 0 Å². The molecular formula is C6H5N3S. The minimum absolute atomic E-state index is 0.894. The van der Waals surface area contributed by atoms with Crippen LogP contribution in [0.15, 0.2) is 12.4 Å². The van der Waals surface area contributed by atoms with Crippen molar-refractivity contribution >= 4 is 22.8 Å². The molecule has 0 aliphatic carbocycles. The first-order valence-corrected chi connectivity index (χ1v) is 3.64. The second kappa shape index (κ2) is 1.98. The van der Waals surface area contributed by atoms with Crippen molar-refractivity contribution in [1.82, 2.24) is 13.7 Å². The van der Waals surface area contributed by atoms with E-state index in [9.17, 15) is 0 Å². The molecule has 0 spiro atoms. The lowest BCUT2D eigenvalue weighted by Crippen LogP contribution is -1.78. The molecule has 0 saturated carbocycles. The van der Waals surface area contributed by atoms with Crippen LogP contribution in [0.25, 0.3) is 11.0 Å². The molecule has 0 atom stereocenters. The van der Waals surface area contributed by atoms with E-state index in [0.29, 0.717) is 0 Å². The summed E-state index contributed by atoms with van der Waals surface area (Å²) in [7, 11) is 0. The summed E-state index contributed by atoms with van der Waals surface area (Å²) in [5.41, 5.74) is 2.95. The van der Waals surface area contributed by atoms with Crippen LogP contribution in [-0.2, 0) is 0 Å². The van der Waals surface area contributed by atoms with E-state index in [1.807, 2.05) is 6.92 Å². The lowest BCUT2D eigenvalue weighted by molar-refractivity contribution is 1.29. The minimum Gasteiger partial charge on any atom is -0.262 e. The molecule has 4 heteroatoms. The predicted octanol–water partition coefficient (Wildman–Crippen LogP) is 1.39. The van der Waals surface area contributed by atoms with Crippen molar-refractivity contribution in [2.24, 2.45) is 0 Å². The standard InChI is InChI=1S/C6H5N3S/c1-4-2-7-3-5-6(4)9-10-8-5/h2-3H,1H3. The Balaban J connectivity index is 2.95. The van der Waals surface area contributed by atoms with Crippen LogP contribution in [0, 0.1) is 6.92 Å². The average molecular weight is 151 g/mol. The Bertz CT molecular complexity index is 355. The molecule has 0 N–H and O–H groups in total. The van der Waals surface area contributed by atoms with Crippen LogP contribution in [0.1, 0.15) is 5.56 Å². The number of nitrogens with zero attached hydrogens (tertiary/aromatic N) is 3. The van der Waals surface area contributed by atoms with Gasteiger partial charge in [-0.25, -0.2) is 0 Å². The van der Waals surface area contributed by atoms with Crippen molar-refractivity contribution in [1.29, 1.82) is 0 Å². The summed E-state index contributed by atoms with van der Waals surface area (Å²) < 4.78 is 8.16. The zero-order valence-electron chi connectivity index (χ0n) is 5.40. The summed E-state index contributed by atoms with van der Waals surface area (Å²) in [6.07, 6.45) is 3.52. The monoisotopic (exact) mass is 151 g/mol. The Kier molecular flexibility index (Phi) is 1.14. The SMILES string of the molecule is Cc1cncc2nsnc12. The van der Waals surface area contributed by atoms with Crippen LogP contribution in [0.5, 0.6) is 0 Å². The first-order chi connectivity index (χ1) is 4.88. The Hall–Kier alpha value is -1.03. The van der Waals surface area contributed by atoms with Crippen LogP contribution in [-0.4, -0.2) is 13.7 Å². The zero-order chi connectivity index (χ0) is 6.97. The molecular weight excluding hydrogens is 146 g/mol. The van der Waals surface area contributed by atoms with E-state index in [0.717, 1.165) is 16.6 Å². The quantitative estimate of drug-likeness (QED) is 0.571. The van der Waals surface area contributed by atoms with Crippen molar-refractivity contribution in [3.63, 3.8) is 0 Å². The van der Waals surface area contributed by atoms with Gasteiger partial charge in [-0.1, -0.05) is 0 Å². The van der Waals surface area contributed by atoms with Crippen molar-refractivity contribution in [3.8, 4) is 0 Å². The molecule has 0 radical (unpaired) electrons. The van der Waals surface area contributed by atoms with Crippen molar-refractivity contribution in [2.75, 3.05) is 0 Å². The van der Waals surface area contributed by atoms with Crippen LogP contribution in [0.3, 0.4) is 0 Å². The summed E-state index contributed by atoms with van der Waals surface area (Å²) in [6.45, 7) is 1.98. The van der Waals surface area contributed by atoms with Crippen LogP contribution >= 0.6 is 11.7 Å². The second-order valence-electron chi connectivity index (χ2n) is 2.09. The van der Waals surface area contributed by atoms with Crippen LogP contribution in [0.4, 0.5) is 0 Å². The Morgan fingerprint density at radius 3 is 3.00 bits per heavy atom. The van der Waals surface area contributed by atoms with Gasteiger partial charge in [0, 0.05) is 6.20 Å². The number of pyridine rings is 1. The fourth-order valence-electron chi connectivity index (χ4n) is 0.835. The molecule has 10 heavy (non-hydrogen) atoms. The summed E-state index contributed by atoms with van der Waals surface area (Å²) >= 11 is 1.23. The van der Waals surface area contributed by atoms with Gasteiger partial charge in [-0.2, -0.15) is 8.75 Å². The highest BCUT2D eigenvalue weighted by Gasteiger charge is 1.99. The molecule has 2 heterocycles. The number of hydrogen-bond acceptors (Lipinski definition) is 4. The van der Waals surface area contributed by atoms with E-state index >= 15 is 0 Å². The molecule has 0 amide bonds. The van der Waals surface area contributed by atoms with E-state index in [1.165, 1.54) is 11.7 Å². The lowest BCUT2D eigenvalue weighted by atomic mass is 10.3. The maximum Gasteiger partial charge on any atom is 0.123 e. The molecule has 2 rings (SSSR count). The molecule has 0 bridgehead atoms. The highest BCUT2D eigenvalue weighted by Crippen LogP contribution is 2.12. The Labute approximate surface area is 62.1 Å². The van der Waals surface area contributed by atoms with Crippen molar-refractivity contribution in [3.05, 3.63) is 18.0 Å². The van der Waals surface area contributed by atoms with E-state index in [4.69, 9.17) is 0 Å². The maximum absolute atomic E-state index is 4.11.